The molecule has 1 amide bonds. The molecule has 1 fully saturated rings. The Morgan fingerprint density at radius 2 is 1.80 bits per heavy atom. The topological polar surface area (TPSA) is 102 Å². The van der Waals surface area contributed by atoms with Crippen molar-refractivity contribution in [3.05, 3.63) is 29.8 Å². The quantitative estimate of drug-likeness (QED) is 0.736. The molecule has 2 heterocycles. The third-order valence-corrected chi connectivity index (χ3v) is 4.71. The number of carboxylic acids is 1. The molecule has 1 unspecified atom stereocenters. The van der Waals surface area contributed by atoms with Crippen molar-refractivity contribution < 1.29 is 27.9 Å². The highest BCUT2D eigenvalue weighted by Gasteiger charge is 2.38. The number of carbonyl (C=O) groups is 2. The number of benzene rings is 1. The molecule has 166 valence electrons. The summed E-state index contributed by atoms with van der Waals surface area (Å²) in [6, 6.07) is 8.00. The Labute approximate surface area is 172 Å². The zero-order valence-electron chi connectivity index (χ0n) is 16.9. The average Bonchev–Trinajstić information content (AvgIpc) is 2.79. The molecule has 11 heteroatoms. The molecule has 1 aromatic rings. The molecule has 0 bridgehead atoms. The van der Waals surface area contributed by atoms with Gasteiger partial charge in [0.2, 0.25) is 0 Å². The van der Waals surface area contributed by atoms with Gasteiger partial charge in [-0.05, 0) is 25.6 Å². The number of hydrogen-bond donors (Lipinski definition) is 2. The Bertz CT molecular complexity index is 792. The van der Waals surface area contributed by atoms with Gasteiger partial charge in [-0.3, -0.25) is 4.79 Å². The molecule has 1 atom stereocenters. The number of aliphatic carboxylic acids is 1. The Morgan fingerprint density at radius 3 is 2.33 bits per heavy atom. The van der Waals surface area contributed by atoms with Crippen LogP contribution in [0.2, 0.25) is 0 Å². The van der Waals surface area contributed by atoms with Gasteiger partial charge in [-0.15, -0.1) is 0 Å². The minimum absolute atomic E-state index is 0.122. The van der Waals surface area contributed by atoms with E-state index in [2.05, 4.69) is 28.8 Å². The summed E-state index contributed by atoms with van der Waals surface area (Å²) in [5, 5.41) is 7.12. The van der Waals surface area contributed by atoms with Gasteiger partial charge in [0.1, 0.15) is 5.84 Å². The number of hydrogen-bond acceptors (Lipinski definition) is 6. The summed E-state index contributed by atoms with van der Waals surface area (Å²) in [5.41, 5.74) is 8.01. The minimum Gasteiger partial charge on any atom is -0.475 e. The maximum Gasteiger partial charge on any atom is 0.490 e. The highest BCUT2D eigenvalue weighted by Crippen LogP contribution is 2.27. The standard InChI is InChI=1S/C17H25N5O.C2HF3O2/c1-3-8-22-14-7-5-4-6-13(14)16(19-15(18)17(22)23)21-11-9-20(2)10-12-21;3-2(4,5)1(6)7/h4-7,15H,3,8-12,18H2,1-2H3;(H,6,7). The lowest BCUT2D eigenvalue weighted by molar-refractivity contribution is -0.192. The summed E-state index contributed by atoms with van der Waals surface area (Å²) in [7, 11) is 2.12. The van der Waals surface area contributed by atoms with E-state index >= 15 is 0 Å². The number of para-hydroxylation sites is 1. The highest BCUT2D eigenvalue weighted by molar-refractivity contribution is 6.11. The number of fused-ring (bicyclic) bond motifs is 1. The van der Waals surface area contributed by atoms with Crippen molar-refractivity contribution in [2.45, 2.75) is 25.7 Å². The maximum atomic E-state index is 12.6. The Morgan fingerprint density at radius 1 is 1.23 bits per heavy atom. The van der Waals surface area contributed by atoms with Crippen molar-refractivity contribution in [1.29, 1.82) is 0 Å². The Kier molecular flexibility index (Phi) is 7.79. The number of carboxylic acid groups (broad SMARTS) is 1. The normalized spacial score (nSPS) is 20.0. The fraction of sp³-hybridized carbons (Fsp3) is 0.526. The van der Waals surface area contributed by atoms with Gasteiger partial charge in [0.25, 0.3) is 5.91 Å². The second-order valence-electron chi connectivity index (χ2n) is 7.00. The van der Waals surface area contributed by atoms with Crippen LogP contribution >= 0.6 is 0 Å². The number of benzodiazepines with no additional fused rings is 1. The van der Waals surface area contributed by atoms with Crippen molar-refractivity contribution in [3.8, 4) is 0 Å². The van der Waals surface area contributed by atoms with Crippen LogP contribution in [0.1, 0.15) is 18.9 Å². The van der Waals surface area contributed by atoms with Gasteiger partial charge in [0, 0.05) is 38.3 Å². The molecule has 0 radical (unpaired) electrons. The smallest absolute Gasteiger partial charge is 0.475 e. The lowest BCUT2D eigenvalue weighted by Crippen LogP contribution is -2.48. The zero-order chi connectivity index (χ0) is 22.5. The van der Waals surface area contributed by atoms with Gasteiger partial charge in [0.05, 0.1) is 5.69 Å². The SMILES string of the molecule is CCCN1C(=O)C(N)N=C(N2CCN(C)CC2)c2ccccc21.O=C(O)C(F)(F)F. The number of carbonyl (C=O) groups excluding carboxylic acids is 1. The monoisotopic (exact) mass is 429 g/mol. The van der Waals surface area contributed by atoms with E-state index in [1.165, 1.54) is 0 Å². The summed E-state index contributed by atoms with van der Waals surface area (Å²) >= 11 is 0. The van der Waals surface area contributed by atoms with E-state index in [0.717, 1.165) is 49.7 Å². The lowest BCUT2D eigenvalue weighted by atomic mass is 10.1. The second-order valence-corrected chi connectivity index (χ2v) is 7.00. The van der Waals surface area contributed by atoms with E-state index in [0.29, 0.717) is 6.54 Å². The number of anilines is 1. The number of alkyl halides is 3. The maximum absolute atomic E-state index is 12.6. The van der Waals surface area contributed by atoms with E-state index in [-0.39, 0.29) is 5.91 Å². The first kappa shape index (κ1) is 23.6. The van der Waals surface area contributed by atoms with Crippen molar-refractivity contribution in [3.63, 3.8) is 0 Å². The van der Waals surface area contributed by atoms with Crippen LogP contribution in [0.5, 0.6) is 0 Å². The minimum atomic E-state index is -5.08. The van der Waals surface area contributed by atoms with Crippen LogP contribution in [0.4, 0.5) is 18.9 Å². The van der Waals surface area contributed by atoms with E-state index in [9.17, 15) is 18.0 Å². The molecule has 3 N–H and O–H groups in total. The molecule has 30 heavy (non-hydrogen) atoms. The Balaban J connectivity index is 0.000000396. The van der Waals surface area contributed by atoms with E-state index in [1.54, 1.807) is 4.90 Å². The molecular formula is C19H26F3N5O3. The van der Waals surface area contributed by atoms with Crippen LogP contribution in [0.25, 0.3) is 0 Å². The third kappa shape index (κ3) is 5.70. The summed E-state index contributed by atoms with van der Waals surface area (Å²) in [4.78, 5) is 32.5. The van der Waals surface area contributed by atoms with Crippen molar-refractivity contribution in [2.24, 2.45) is 10.7 Å². The van der Waals surface area contributed by atoms with E-state index in [1.807, 2.05) is 24.3 Å². The predicted molar refractivity (Wildman–Crippen MR) is 106 cm³/mol. The molecular weight excluding hydrogens is 403 g/mol. The molecule has 0 saturated carbocycles. The highest BCUT2D eigenvalue weighted by atomic mass is 19.4. The number of nitrogens with zero attached hydrogens (tertiary/aromatic N) is 4. The van der Waals surface area contributed by atoms with Crippen molar-refractivity contribution in [2.75, 3.05) is 44.7 Å². The first-order chi connectivity index (χ1) is 14.1. The number of nitrogens with two attached hydrogens (primary N) is 1. The molecule has 0 aliphatic carbocycles. The van der Waals surface area contributed by atoms with Gasteiger partial charge in [-0.25, -0.2) is 9.79 Å². The fourth-order valence-electron chi connectivity index (χ4n) is 3.16. The van der Waals surface area contributed by atoms with Crippen LogP contribution in [0, 0.1) is 0 Å². The first-order valence-corrected chi connectivity index (χ1v) is 9.54. The second kappa shape index (κ2) is 9.90. The predicted octanol–water partition coefficient (Wildman–Crippen LogP) is 1.36. The van der Waals surface area contributed by atoms with Gasteiger partial charge in [-0.2, -0.15) is 13.2 Å². The molecule has 0 spiro atoms. The van der Waals surface area contributed by atoms with E-state index < -0.39 is 18.3 Å². The number of rotatable bonds is 2. The summed E-state index contributed by atoms with van der Waals surface area (Å²) in [6.45, 7) is 6.51. The molecule has 1 aromatic carbocycles. The van der Waals surface area contributed by atoms with Crippen LogP contribution in [-0.4, -0.2) is 84.7 Å². The van der Waals surface area contributed by atoms with Crippen molar-refractivity contribution in [1.82, 2.24) is 9.80 Å². The number of piperazine rings is 1. The molecule has 2 aliphatic rings. The summed E-state index contributed by atoms with van der Waals surface area (Å²) < 4.78 is 31.7. The van der Waals surface area contributed by atoms with Gasteiger partial charge in [-0.1, -0.05) is 19.1 Å². The van der Waals surface area contributed by atoms with Crippen LogP contribution in [0.3, 0.4) is 0 Å². The summed E-state index contributed by atoms with van der Waals surface area (Å²) in [6.07, 6.45) is -5.03. The number of likely N-dealkylation sites (N-methyl/N-ethyl adjacent to an activating group) is 1. The van der Waals surface area contributed by atoms with Gasteiger partial charge in [0.15, 0.2) is 6.17 Å². The lowest BCUT2D eigenvalue weighted by Gasteiger charge is -2.35. The van der Waals surface area contributed by atoms with Gasteiger partial charge >= 0.3 is 12.1 Å². The number of halogens is 3. The van der Waals surface area contributed by atoms with Crippen LogP contribution < -0.4 is 10.6 Å². The van der Waals surface area contributed by atoms with Crippen molar-refractivity contribution >= 4 is 23.4 Å². The van der Waals surface area contributed by atoms with E-state index in [4.69, 9.17) is 15.6 Å². The third-order valence-electron chi connectivity index (χ3n) is 4.71. The summed E-state index contributed by atoms with van der Waals surface area (Å²) in [5.74, 6) is -2.02. The largest absolute Gasteiger partial charge is 0.490 e. The number of aliphatic imine (C=N–C) groups is 1. The number of amides is 1. The van der Waals surface area contributed by atoms with Crippen LogP contribution in [-0.2, 0) is 9.59 Å². The zero-order valence-corrected chi connectivity index (χ0v) is 16.9. The Hall–Kier alpha value is -2.66. The number of amidine groups is 1. The molecule has 0 aromatic heterocycles. The van der Waals surface area contributed by atoms with Crippen LogP contribution in [0.15, 0.2) is 29.3 Å². The molecule has 2 aliphatic heterocycles. The average molecular weight is 429 g/mol. The molecule has 8 nitrogen and oxygen atoms in total. The van der Waals surface area contributed by atoms with Gasteiger partial charge < -0.3 is 25.5 Å². The molecule has 1 saturated heterocycles. The first-order valence-electron chi connectivity index (χ1n) is 9.54. The molecule has 3 rings (SSSR count). The fourth-order valence-corrected chi connectivity index (χ4v) is 3.16.